The second-order valence-electron chi connectivity index (χ2n) is 3.51. The number of halogens is 2. The fourth-order valence-electron chi connectivity index (χ4n) is 1.52. The molecule has 1 atom stereocenters. The Hall–Kier alpha value is -1.53. The number of carboxylic acids is 1. The fourth-order valence-corrected chi connectivity index (χ4v) is 1.52. The molecule has 1 aromatic rings. The maximum Gasteiger partial charge on any atom is 0.358 e. The predicted molar refractivity (Wildman–Crippen MR) is 51.6 cm³/mol. The smallest absolute Gasteiger partial charge is 0.358 e. The highest BCUT2D eigenvalue weighted by Gasteiger charge is 2.27. The van der Waals surface area contributed by atoms with Gasteiger partial charge in [0, 0.05) is 0 Å². The monoisotopic (exact) mass is 233 g/mol. The third-order valence-electron chi connectivity index (χ3n) is 2.26. The molecule has 0 aliphatic heterocycles. The molecule has 1 aromatic heterocycles. The highest BCUT2D eigenvalue weighted by atomic mass is 19.3. The number of carboxylic acid groups (broad SMARTS) is 1. The molecule has 1 N–H and O–H groups in total. The minimum absolute atomic E-state index is 0.283. The van der Waals surface area contributed by atoms with Crippen molar-refractivity contribution in [1.29, 1.82) is 0 Å². The van der Waals surface area contributed by atoms with Gasteiger partial charge >= 0.3 is 5.97 Å². The van der Waals surface area contributed by atoms with E-state index in [9.17, 15) is 13.6 Å². The maximum atomic E-state index is 12.7. The highest BCUT2D eigenvalue weighted by molar-refractivity contribution is 5.86. The van der Waals surface area contributed by atoms with Crippen molar-refractivity contribution in [2.75, 3.05) is 0 Å². The van der Waals surface area contributed by atoms with Crippen LogP contribution in [0.15, 0.2) is 0 Å². The molecule has 0 spiro atoms. The molecule has 0 amide bonds. The predicted octanol–water partition coefficient (Wildman–Crippen LogP) is 2.28. The lowest BCUT2D eigenvalue weighted by molar-refractivity contribution is 0.0675. The summed E-state index contributed by atoms with van der Waals surface area (Å²) in [7, 11) is 0. The van der Waals surface area contributed by atoms with E-state index in [-0.39, 0.29) is 6.04 Å². The molecule has 0 saturated carbocycles. The summed E-state index contributed by atoms with van der Waals surface area (Å²) in [5, 5.41) is 15.4. The van der Waals surface area contributed by atoms with E-state index in [2.05, 4.69) is 10.3 Å². The molecule has 0 saturated heterocycles. The van der Waals surface area contributed by atoms with E-state index in [1.807, 2.05) is 6.92 Å². The molecule has 0 aliphatic carbocycles. The summed E-state index contributed by atoms with van der Waals surface area (Å²) in [6.07, 6.45) is -1.45. The summed E-state index contributed by atoms with van der Waals surface area (Å²) in [4.78, 5) is 10.7. The normalized spacial score (nSPS) is 13.1. The van der Waals surface area contributed by atoms with Crippen LogP contribution in [0.1, 0.15) is 55.3 Å². The number of hydrogen-bond acceptors (Lipinski definition) is 3. The number of nitrogens with zero attached hydrogens (tertiary/aromatic N) is 3. The molecule has 16 heavy (non-hydrogen) atoms. The van der Waals surface area contributed by atoms with Gasteiger partial charge in [0.25, 0.3) is 6.43 Å². The van der Waals surface area contributed by atoms with Crippen molar-refractivity contribution in [3.63, 3.8) is 0 Å². The number of aromatic carboxylic acids is 1. The summed E-state index contributed by atoms with van der Waals surface area (Å²) in [6, 6.07) is -0.283. The zero-order valence-electron chi connectivity index (χ0n) is 9.02. The van der Waals surface area contributed by atoms with Gasteiger partial charge in [0.15, 0.2) is 5.69 Å². The Bertz CT molecular complexity index is 379. The number of rotatable bonds is 5. The average molecular weight is 233 g/mol. The van der Waals surface area contributed by atoms with Crippen LogP contribution < -0.4 is 0 Å². The van der Waals surface area contributed by atoms with Gasteiger partial charge in [-0.2, -0.15) is 0 Å². The molecule has 90 valence electrons. The van der Waals surface area contributed by atoms with Crippen LogP contribution in [-0.4, -0.2) is 26.1 Å². The van der Waals surface area contributed by atoms with Gasteiger partial charge in [-0.05, 0) is 13.3 Å². The van der Waals surface area contributed by atoms with Crippen LogP contribution >= 0.6 is 0 Å². The lowest BCUT2D eigenvalue weighted by Crippen LogP contribution is -2.13. The molecule has 5 nitrogen and oxygen atoms in total. The number of carbonyl (C=O) groups is 1. The first-order chi connectivity index (χ1) is 7.49. The molecule has 1 unspecified atom stereocenters. The quantitative estimate of drug-likeness (QED) is 0.847. The molecule has 0 bridgehead atoms. The van der Waals surface area contributed by atoms with E-state index < -0.39 is 23.8 Å². The van der Waals surface area contributed by atoms with Crippen LogP contribution in [0.5, 0.6) is 0 Å². The average Bonchev–Trinajstić information content (AvgIpc) is 2.61. The van der Waals surface area contributed by atoms with Gasteiger partial charge < -0.3 is 5.11 Å². The van der Waals surface area contributed by atoms with Crippen LogP contribution in [0.2, 0.25) is 0 Å². The van der Waals surface area contributed by atoms with Crippen LogP contribution in [-0.2, 0) is 0 Å². The molecule has 7 heteroatoms. The highest BCUT2D eigenvalue weighted by Crippen LogP contribution is 2.25. The zero-order valence-corrected chi connectivity index (χ0v) is 9.02. The first-order valence-electron chi connectivity index (χ1n) is 4.95. The zero-order chi connectivity index (χ0) is 12.3. The summed E-state index contributed by atoms with van der Waals surface area (Å²) in [6.45, 7) is 3.61. The van der Waals surface area contributed by atoms with E-state index in [0.717, 1.165) is 11.1 Å². The van der Waals surface area contributed by atoms with Crippen molar-refractivity contribution in [3.8, 4) is 0 Å². The Morgan fingerprint density at radius 1 is 1.56 bits per heavy atom. The van der Waals surface area contributed by atoms with Gasteiger partial charge in [-0.3, -0.25) is 0 Å². The molecular formula is C9H13F2N3O2. The molecule has 0 radical (unpaired) electrons. The van der Waals surface area contributed by atoms with Crippen molar-refractivity contribution in [3.05, 3.63) is 11.4 Å². The van der Waals surface area contributed by atoms with Gasteiger partial charge in [-0.25, -0.2) is 18.3 Å². The lowest BCUT2D eigenvalue weighted by atomic mass is 10.2. The van der Waals surface area contributed by atoms with Crippen LogP contribution in [0.3, 0.4) is 0 Å². The Kier molecular flexibility index (Phi) is 3.92. The van der Waals surface area contributed by atoms with Gasteiger partial charge in [0.2, 0.25) is 0 Å². The molecular weight excluding hydrogens is 220 g/mol. The lowest BCUT2D eigenvalue weighted by Gasteiger charge is -2.13. The van der Waals surface area contributed by atoms with Gasteiger partial charge in [0.1, 0.15) is 5.69 Å². The SMILES string of the molecule is CCCC(C)n1nnc(C(=O)O)c1C(F)F. The topological polar surface area (TPSA) is 68.0 Å². The van der Waals surface area contributed by atoms with Gasteiger partial charge in [0.05, 0.1) is 6.04 Å². The van der Waals surface area contributed by atoms with Crippen LogP contribution in [0, 0.1) is 0 Å². The van der Waals surface area contributed by atoms with Crippen molar-refractivity contribution < 1.29 is 18.7 Å². The third-order valence-corrected chi connectivity index (χ3v) is 2.26. The second kappa shape index (κ2) is 5.00. The molecule has 0 aromatic carbocycles. The van der Waals surface area contributed by atoms with E-state index >= 15 is 0 Å². The summed E-state index contributed by atoms with van der Waals surface area (Å²) >= 11 is 0. The first-order valence-corrected chi connectivity index (χ1v) is 4.95. The van der Waals surface area contributed by atoms with E-state index in [0.29, 0.717) is 6.42 Å². The summed E-state index contributed by atoms with van der Waals surface area (Å²) in [5.74, 6) is -1.48. The van der Waals surface area contributed by atoms with Gasteiger partial charge in [-0.15, -0.1) is 5.10 Å². The van der Waals surface area contributed by atoms with Gasteiger partial charge in [-0.1, -0.05) is 18.6 Å². The summed E-state index contributed by atoms with van der Waals surface area (Å²) in [5.41, 5.74) is -1.29. The molecule has 0 aliphatic rings. The number of hydrogen-bond donors (Lipinski definition) is 1. The number of aromatic nitrogens is 3. The minimum Gasteiger partial charge on any atom is -0.476 e. The Morgan fingerprint density at radius 2 is 2.19 bits per heavy atom. The maximum absolute atomic E-state index is 12.7. The standard InChI is InChI=1S/C9H13F2N3O2/c1-3-4-5(2)14-7(8(10)11)6(9(15)16)12-13-14/h5,8H,3-4H2,1-2H3,(H,15,16). The van der Waals surface area contributed by atoms with Crippen LogP contribution in [0.25, 0.3) is 0 Å². The fraction of sp³-hybridized carbons (Fsp3) is 0.667. The molecule has 0 fully saturated rings. The third kappa shape index (κ3) is 2.34. The van der Waals surface area contributed by atoms with Crippen LogP contribution in [0.4, 0.5) is 8.78 Å². The minimum atomic E-state index is -2.89. The van der Waals surface area contributed by atoms with E-state index in [1.165, 1.54) is 0 Å². The van der Waals surface area contributed by atoms with E-state index in [4.69, 9.17) is 5.11 Å². The second-order valence-corrected chi connectivity index (χ2v) is 3.51. The van der Waals surface area contributed by atoms with Crippen molar-refractivity contribution in [2.24, 2.45) is 0 Å². The first kappa shape index (κ1) is 12.5. The largest absolute Gasteiger partial charge is 0.476 e. The Labute approximate surface area is 91.1 Å². The van der Waals surface area contributed by atoms with Crippen molar-refractivity contribution in [2.45, 2.75) is 39.2 Å². The number of alkyl halides is 2. The van der Waals surface area contributed by atoms with Crippen molar-refractivity contribution >= 4 is 5.97 Å². The molecule has 1 rings (SSSR count). The molecule has 1 heterocycles. The summed E-state index contributed by atoms with van der Waals surface area (Å²) < 4.78 is 26.4. The van der Waals surface area contributed by atoms with E-state index in [1.54, 1.807) is 6.92 Å². The Morgan fingerprint density at radius 3 is 2.62 bits per heavy atom. The Balaban J connectivity index is 3.14. The van der Waals surface area contributed by atoms with Crippen molar-refractivity contribution in [1.82, 2.24) is 15.0 Å².